The molecule has 0 bridgehead atoms. The lowest BCUT2D eigenvalue weighted by atomic mass is 10.2. The van der Waals surface area contributed by atoms with E-state index >= 15 is 0 Å². The zero-order valence-corrected chi connectivity index (χ0v) is 14.1. The number of anilines is 4. The highest BCUT2D eigenvalue weighted by molar-refractivity contribution is 5.71. The molecule has 3 rings (SSSR count). The largest absolute Gasteiger partial charge is 0.378 e. The Labute approximate surface area is 150 Å². The topological polar surface area (TPSA) is 119 Å². The standard InChI is InChI=1S/C18H18N6O2/c1-12-6-5-9-14(10-12)21-18-22-16(19)15(24(25)26)17(23-18)20-11-13-7-3-2-4-8-13/h2-10H,11H2,1H3,(H4,19,20,21,22,23). The third kappa shape index (κ3) is 4.04. The van der Waals surface area contributed by atoms with Gasteiger partial charge in [0, 0.05) is 12.2 Å². The summed E-state index contributed by atoms with van der Waals surface area (Å²) in [6.07, 6.45) is 0. The Morgan fingerprint density at radius 2 is 1.88 bits per heavy atom. The fourth-order valence-corrected chi connectivity index (χ4v) is 2.46. The van der Waals surface area contributed by atoms with Crippen LogP contribution in [0.3, 0.4) is 0 Å². The third-order valence-corrected chi connectivity index (χ3v) is 3.67. The van der Waals surface area contributed by atoms with Crippen LogP contribution in [0.25, 0.3) is 0 Å². The molecular formula is C18H18N6O2. The molecule has 0 aliphatic heterocycles. The van der Waals surface area contributed by atoms with E-state index in [1.807, 2.05) is 61.5 Å². The Morgan fingerprint density at radius 1 is 1.12 bits per heavy atom. The number of nitrogens with zero attached hydrogens (tertiary/aromatic N) is 3. The lowest BCUT2D eigenvalue weighted by Gasteiger charge is -2.11. The van der Waals surface area contributed by atoms with E-state index in [4.69, 9.17) is 5.73 Å². The maximum Gasteiger partial charge on any atom is 0.353 e. The van der Waals surface area contributed by atoms with E-state index in [1.165, 1.54) is 0 Å². The van der Waals surface area contributed by atoms with Gasteiger partial charge >= 0.3 is 5.69 Å². The van der Waals surface area contributed by atoms with Crippen LogP contribution in [-0.4, -0.2) is 14.9 Å². The predicted molar refractivity (Wildman–Crippen MR) is 101 cm³/mol. The van der Waals surface area contributed by atoms with Gasteiger partial charge in [-0.2, -0.15) is 9.97 Å². The molecule has 1 aromatic heterocycles. The molecule has 8 nitrogen and oxygen atoms in total. The molecule has 0 aliphatic carbocycles. The van der Waals surface area contributed by atoms with Gasteiger partial charge in [0.05, 0.1) is 4.92 Å². The maximum absolute atomic E-state index is 11.4. The molecular weight excluding hydrogens is 332 g/mol. The lowest BCUT2D eigenvalue weighted by Crippen LogP contribution is -2.10. The molecule has 0 unspecified atom stereocenters. The molecule has 2 aromatic carbocycles. The highest BCUT2D eigenvalue weighted by Crippen LogP contribution is 2.30. The summed E-state index contributed by atoms with van der Waals surface area (Å²) in [5.41, 5.74) is 8.26. The summed E-state index contributed by atoms with van der Waals surface area (Å²) in [7, 11) is 0. The van der Waals surface area contributed by atoms with Crippen molar-refractivity contribution in [2.24, 2.45) is 0 Å². The number of rotatable bonds is 6. The van der Waals surface area contributed by atoms with Crippen LogP contribution in [0.1, 0.15) is 11.1 Å². The van der Waals surface area contributed by atoms with Crippen LogP contribution < -0.4 is 16.4 Å². The highest BCUT2D eigenvalue weighted by atomic mass is 16.6. The first-order valence-electron chi connectivity index (χ1n) is 7.96. The smallest absolute Gasteiger partial charge is 0.353 e. The average molecular weight is 350 g/mol. The van der Waals surface area contributed by atoms with Crippen LogP contribution in [-0.2, 0) is 6.54 Å². The van der Waals surface area contributed by atoms with E-state index in [9.17, 15) is 10.1 Å². The van der Waals surface area contributed by atoms with Gasteiger partial charge in [0.2, 0.25) is 17.6 Å². The van der Waals surface area contributed by atoms with Crippen molar-refractivity contribution in [1.82, 2.24) is 9.97 Å². The lowest BCUT2D eigenvalue weighted by molar-refractivity contribution is -0.383. The van der Waals surface area contributed by atoms with Gasteiger partial charge in [-0.15, -0.1) is 0 Å². The Bertz CT molecular complexity index is 930. The average Bonchev–Trinajstić information content (AvgIpc) is 2.60. The van der Waals surface area contributed by atoms with Crippen molar-refractivity contribution in [2.45, 2.75) is 13.5 Å². The summed E-state index contributed by atoms with van der Waals surface area (Å²) >= 11 is 0. The Morgan fingerprint density at radius 3 is 2.58 bits per heavy atom. The number of aromatic nitrogens is 2. The molecule has 0 fully saturated rings. The maximum atomic E-state index is 11.4. The molecule has 132 valence electrons. The number of nitrogens with one attached hydrogen (secondary N) is 2. The zero-order chi connectivity index (χ0) is 18.5. The Kier molecular flexibility index (Phi) is 4.93. The fourth-order valence-electron chi connectivity index (χ4n) is 2.46. The predicted octanol–water partition coefficient (Wildman–Crippen LogP) is 3.63. The molecule has 26 heavy (non-hydrogen) atoms. The van der Waals surface area contributed by atoms with E-state index in [0.29, 0.717) is 6.54 Å². The van der Waals surface area contributed by atoms with Gasteiger partial charge in [0.15, 0.2) is 0 Å². The minimum atomic E-state index is -0.584. The number of nitrogen functional groups attached to an aromatic ring is 1. The Balaban J connectivity index is 1.90. The second kappa shape index (κ2) is 7.47. The molecule has 0 aliphatic rings. The molecule has 0 atom stereocenters. The summed E-state index contributed by atoms with van der Waals surface area (Å²) in [5, 5.41) is 17.4. The van der Waals surface area contributed by atoms with Crippen molar-refractivity contribution < 1.29 is 4.92 Å². The van der Waals surface area contributed by atoms with Crippen molar-refractivity contribution in [3.8, 4) is 0 Å². The molecule has 1 heterocycles. The molecule has 0 amide bonds. The minimum absolute atomic E-state index is 0.0708. The molecule has 8 heteroatoms. The van der Waals surface area contributed by atoms with Gasteiger partial charge < -0.3 is 16.4 Å². The van der Waals surface area contributed by atoms with E-state index in [1.54, 1.807) is 0 Å². The number of nitro groups is 1. The second-order valence-corrected chi connectivity index (χ2v) is 5.72. The summed E-state index contributed by atoms with van der Waals surface area (Å²) in [5.74, 6) is 0.0616. The van der Waals surface area contributed by atoms with Crippen molar-refractivity contribution in [3.05, 3.63) is 75.8 Å². The van der Waals surface area contributed by atoms with Gasteiger partial charge in [-0.1, -0.05) is 42.5 Å². The molecule has 4 N–H and O–H groups in total. The number of nitrogens with two attached hydrogens (primary N) is 1. The van der Waals surface area contributed by atoms with Crippen LogP contribution in [0, 0.1) is 17.0 Å². The summed E-state index contributed by atoms with van der Waals surface area (Å²) in [6.45, 7) is 2.34. The van der Waals surface area contributed by atoms with Gasteiger partial charge in [-0.3, -0.25) is 10.1 Å². The fraction of sp³-hybridized carbons (Fsp3) is 0.111. The van der Waals surface area contributed by atoms with E-state index in [0.717, 1.165) is 16.8 Å². The van der Waals surface area contributed by atoms with Crippen molar-refractivity contribution >= 4 is 29.0 Å². The summed E-state index contributed by atoms with van der Waals surface area (Å²) in [6, 6.07) is 17.1. The van der Waals surface area contributed by atoms with Crippen LogP contribution in [0.2, 0.25) is 0 Å². The highest BCUT2D eigenvalue weighted by Gasteiger charge is 2.23. The van der Waals surface area contributed by atoms with Gasteiger partial charge in [0.1, 0.15) is 0 Å². The zero-order valence-electron chi connectivity index (χ0n) is 14.1. The number of benzene rings is 2. The first-order valence-corrected chi connectivity index (χ1v) is 7.96. The minimum Gasteiger partial charge on any atom is -0.378 e. The first kappa shape index (κ1) is 17.2. The third-order valence-electron chi connectivity index (χ3n) is 3.67. The first-order chi connectivity index (χ1) is 12.5. The van der Waals surface area contributed by atoms with Gasteiger partial charge in [-0.25, -0.2) is 0 Å². The van der Waals surface area contributed by atoms with Crippen LogP contribution in [0.4, 0.5) is 29.0 Å². The number of hydrogen-bond acceptors (Lipinski definition) is 7. The van der Waals surface area contributed by atoms with Crippen molar-refractivity contribution in [1.29, 1.82) is 0 Å². The monoisotopic (exact) mass is 350 g/mol. The SMILES string of the molecule is Cc1cccc(Nc2nc(N)c([N+](=O)[O-])c(NCc3ccccc3)n2)c1. The number of hydrogen-bond donors (Lipinski definition) is 3. The quantitative estimate of drug-likeness (QED) is 0.459. The summed E-state index contributed by atoms with van der Waals surface area (Å²) in [4.78, 5) is 19.0. The summed E-state index contributed by atoms with van der Waals surface area (Å²) < 4.78 is 0. The van der Waals surface area contributed by atoms with Gasteiger partial charge in [0.25, 0.3) is 0 Å². The second-order valence-electron chi connectivity index (χ2n) is 5.72. The van der Waals surface area contributed by atoms with Gasteiger partial charge in [-0.05, 0) is 30.2 Å². The molecule has 3 aromatic rings. The molecule has 0 saturated carbocycles. The Hall–Kier alpha value is -3.68. The normalized spacial score (nSPS) is 10.3. The van der Waals surface area contributed by atoms with Crippen molar-refractivity contribution in [2.75, 3.05) is 16.4 Å². The van der Waals surface area contributed by atoms with E-state index < -0.39 is 4.92 Å². The van der Waals surface area contributed by atoms with Crippen LogP contribution >= 0.6 is 0 Å². The molecule has 0 saturated heterocycles. The number of aryl methyl sites for hydroxylation is 1. The van der Waals surface area contributed by atoms with Crippen molar-refractivity contribution in [3.63, 3.8) is 0 Å². The van der Waals surface area contributed by atoms with Crippen LogP contribution in [0.5, 0.6) is 0 Å². The van der Waals surface area contributed by atoms with Crippen LogP contribution in [0.15, 0.2) is 54.6 Å². The van der Waals surface area contributed by atoms with E-state index in [-0.39, 0.29) is 23.3 Å². The van der Waals surface area contributed by atoms with E-state index in [2.05, 4.69) is 20.6 Å². The molecule has 0 radical (unpaired) electrons. The molecule has 0 spiro atoms.